The van der Waals surface area contributed by atoms with Crippen molar-refractivity contribution in [1.29, 1.82) is 0 Å². The fraction of sp³-hybridized carbons (Fsp3) is 0.261. The van der Waals surface area contributed by atoms with E-state index in [4.69, 9.17) is 9.47 Å². The van der Waals surface area contributed by atoms with E-state index in [2.05, 4.69) is 14.9 Å². The Hall–Kier alpha value is -3.61. The highest BCUT2D eigenvalue weighted by molar-refractivity contribution is 5.94. The van der Waals surface area contributed by atoms with Crippen molar-refractivity contribution in [1.82, 2.24) is 14.9 Å². The maximum absolute atomic E-state index is 12.9. The largest absolute Gasteiger partial charge is 0.489 e. The third-order valence-corrected chi connectivity index (χ3v) is 5.05. The molecule has 154 valence electrons. The van der Waals surface area contributed by atoms with E-state index in [1.54, 1.807) is 19.5 Å². The molecule has 0 saturated carbocycles. The van der Waals surface area contributed by atoms with Gasteiger partial charge in [-0.3, -0.25) is 9.78 Å². The molecule has 1 fully saturated rings. The standard InChI is InChI=1S/C23H24N4O3/c1-29-22-16-24-15-21(25-22)26-11-13-27(14-12-26)23(28)19-9-7-18(8-10-19)17-30-20-5-3-2-4-6-20/h2-10,15-16H,11-14,17H2,1H3. The van der Waals surface area contributed by atoms with Crippen molar-refractivity contribution in [2.24, 2.45) is 0 Å². The number of carbonyl (C=O) groups is 1. The molecule has 1 aromatic heterocycles. The number of ether oxygens (including phenoxy) is 2. The topological polar surface area (TPSA) is 67.8 Å². The fourth-order valence-electron chi connectivity index (χ4n) is 3.34. The first-order valence-electron chi connectivity index (χ1n) is 9.90. The van der Waals surface area contributed by atoms with Gasteiger partial charge in [-0.1, -0.05) is 30.3 Å². The Bertz CT molecular complexity index is 971. The Kier molecular flexibility index (Phi) is 6.08. The highest BCUT2D eigenvalue weighted by atomic mass is 16.5. The van der Waals surface area contributed by atoms with Crippen LogP contribution >= 0.6 is 0 Å². The van der Waals surface area contributed by atoms with Crippen LogP contribution in [0.1, 0.15) is 15.9 Å². The van der Waals surface area contributed by atoms with Gasteiger partial charge in [0.25, 0.3) is 5.91 Å². The minimum atomic E-state index is 0.0434. The zero-order chi connectivity index (χ0) is 20.8. The second-order valence-corrected chi connectivity index (χ2v) is 7.00. The zero-order valence-electron chi connectivity index (χ0n) is 16.9. The number of hydrogen-bond acceptors (Lipinski definition) is 6. The van der Waals surface area contributed by atoms with E-state index in [0.29, 0.717) is 44.2 Å². The summed E-state index contributed by atoms with van der Waals surface area (Å²) in [5, 5.41) is 0. The normalized spacial score (nSPS) is 13.8. The lowest BCUT2D eigenvalue weighted by molar-refractivity contribution is 0.0746. The summed E-state index contributed by atoms with van der Waals surface area (Å²) in [7, 11) is 1.57. The van der Waals surface area contributed by atoms with Crippen molar-refractivity contribution in [3.63, 3.8) is 0 Å². The number of benzene rings is 2. The number of nitrogens with zero attached hydrogens (tertiary/aromatic N) is 4. The second-order valence-electron chi connectivity index (χ2n) is 7.00. The first-order valence-corrected chi connectivity index (χ1v) is 9.90. The number of para-hydroxylation sites is 1. The monoisotopic (exact) mass is 404 g/mol. The van der Waals surface area contributed by atoms with Crippen LogP contribution in [0.15, 0.2) is 67.0 Å². The van der Waals surface area contributed by atoms with E-state index in [9.17, 15) is 4.79 Å². The van der Waals surface area contributed by atoms with Gasteiger partial charge in [-0.15, -0.1) is 0 Å². The Morgan fingerprint density at radius 3 is 2.40 bits per heavy atom. The van der Waals surface area contributed by atoms with E-state index < -0.39 is 0 Å². The molecule has 30 heavy (non-hydrogen) atoms. The summed E-state index contributed by atoms with van der Waals surface area (Å²) in [5.74, 6) is 2.13. The van der Waals surface area contributed by atoms with Crippen LogP contribution in [0, 0.1) is 0 Å². The average molecular weight is 404 g/mol. The molecule has 2 aromatic carbocycles. The van der Waals surface area contributed by atoms with Gasteiger partial charge in [0.2, 0.25) is 5.88 Å². The van der Waals surface area contributed by atoms with Crippen molar-refractivity contribution in [3.05, 3.63) is 78.1 Å². The van der Waals surface area contributed by atoms with Gasteiger partial charge in [-0.05, 0) is 29.8 Å². The van der Waals surface area contributed by atoms with Crippen LogP contribution in [-0.2, 0) is 6.61 Å². The molecule has 3 aromatic rings. The molecule has 0 unspecified atom stereocenters. The number of hydrogen-bond donors (Lipinski definition) is 0. The van der Waals surface area contributed by atoms with Gasteiger partial charge in [-0.2, -0.15) is 4.98 Å². The summed E-state index contributed by atoms with van der Waals surface area (Å²) >= 11 is 0. The Labute approximate surface area is 175 Å². The quantitative estimate of drug-likeness (QED) is 0.629. The van der Waals surface area contributed by atoms with E-state index in [1.165, 1.54) is 0 Å². The molecular weight excluding hydrogens is 380 g/mol. The lowest BCUT2D eigenvalue weighted by Gasteiger charge is -2.35. The lowest BCUT2D eigenvalue weighted by atomic mass is 10.1. The highest BCUT2D eigenvalue weighted by Crippen LogP contribution is 2.18. The number of piperazine rings is 1. The highest BCUT2D eigenvalue weighted by Gasteiger charge is 2.23. The number of carbonyl (C=O) groups excluding carboxylic acids is 1. The van der Waals surface area contributed by atoms with Crippen LogP contribution in [0.3, 0.4) is 0 Å². The fourth-order valence-corrected chi connectivity index (χ4v) is 3.34. The number of rotatable bonds is 6. The average Bonchev–Trinajstić information content (AvgIpc) is 2.83. The number of amides is 1. The molecule has 4 rings (SSSR count). The van der Waals surface area contributed by atoms with Gasteiger partial charge < -0.3 is 19.3 Å². The lowest BCUT2D eigenvalue weighted by Crippen LogP contribution is -2.49. The van der Waals surface area contributed by atoms with Crippen LogP contribution in [0.5, 0.6) is 11.6 Å². The summed E-state index contributed by atoms with van der Waals surface area (Å²) < 4.78 is 10.9. The van der Waals surface area contributed by atoms with Crippen LogP contribution in [0.25, 0.3) is 0 Å². The third kappa shape index (κ3) is 4.68. The van der Waals surface area contributed by atoms with Crippen molar-refractivity contribution in [2.75, 3.05) is 38.2 Å². The molecule has 0 aliphatic carbocycles. The molecule has 2 heterocycles. The molecule has 1 amide bonds. The number of aromatic nitrogens is 2. The maximum atomic E-state index is 12.9. The van der Waals surface area contributed by atoms with Crippen LogP contribution in [-0.4, -0.2) is 54.1 Å². The molecule has 1 saturated heterocycles. The Balaban J connectivity index is 1.31. The molecule has 7 heteroatoms. The summed E-state index contributed by atoms with van der Waals surface area (Å²) in [6.07, 6.45) is 3.30. The number of anilines is 1. The molecule has 7 nitrogen and oxygen atoms in total. The maximum Gasteiger partial charge on any atom is 0.253 e. The molecule has 0 radical (unpaired) electrons. The van der Waals surface area contributed by atoms with Gasteiger partial charge in [0, 0.05) is 31.7 Å². The van der Waals surface area contributed by atoms with Gasteiger partial charge in [0.1, 0.15) is 12.4 Å². The molecule has 0 N–H and O–H groups in total. The van der Waals surface area contributed by atoms with Gasteiger partial charge in [-0.25, -0.2) is 0 Å². The predicted octanol–water partition coefficient (Wildman–Crippen LogP) is 3.03. The second kappa shape index (κ2) is 9.26. The van der Waals surface area contributed by atoms with E-state index in [1.807, 2.05) is 59.5 Å². The minimum Gasteiger partial charge on any atom is -0.489 e. The number of methoxy groups -OCH3 is 1. The summed E-state index contributed by atoms with van der Waals surface area (Å²) in [6, 6.07) is 17.3. The van der Waals surface area contributed by atoms with Gasteiger partial charge in [0.05, 0.1) is 19.5 Å². The molecular formula is C23H24N4O3. The summed E-state index contributed by atoms with van der Waals surface area (Å²) in [5.41, 5.74) is 1.71. The summed E-state index contributed by atoms with van der Waals surface area (Å²) in [4.78, 5) is 25.4. The van der Waals surface area contributed by atoms with Crippen molar-refractivity contribution >= 4 is 11.7 Å². The first-order chi connectivity index (χ1) is 14.7. The Morgan fingerprint density at radius 2 is 1.70 bits per heavy atom. The SMILES string of the molecule is COc1cncc(N2CCN(C(=O)c3ccc(COc4ccccc4)cc3)CC2)n1. The van der Waals surface area contributed by atoms with Gasteiger partial charge in [0.15, 0.2) is 5.82 Å². The Morgan fingerprint density at radius 1 is 0.967 bits per heavy atom. The first kappa shape index (κ1) is 19.7. The molecule has 1 aliphatic heterocycles. The van der Waals surface area contributed by atoms with Crippen LogP contribution in [0.4, 0.5) is 5.82 Å². The van der Waals surface area contributed by atoms with E-state index in [0.717, 1.165) is 17.1 Å². The predicted molar refractivity (Wildman–Crippen MR) is 114 cm³/mol. The molecule has 0 spiro atoms. The van der Waals surface area contributed by atoms with Gasteiger partial charge >= 0.3 is 0 Å². The van der Waals surface area contributed by atoms with Crippen molar-refractivity contribution in [2.45, 2.75) is 6.61 Å². The van der Waals surface area contributed by atoms with Crippen LogP contribution in [0.2, 0.25) is 0 Å². The van der Waals surface area contributed by atoms with E-state index >= 15 is 0 Å². The van der Waals surface area contributed by atoms with Crippen LogP contribution < -0.4 is 14.4 Å². The van der Waals surface area contributed by atoms with E-state index in [-0.39, 0.29) is 5.91 Å². The molecule has 0 bridgehead atoms. The van der Waals surface area contributed by atoms with Crippen molar-refractivity contribution < 1.29 is 14.3 Å². The zero-order valence-corrected chi connectivity index (χ0v) is 16.9. The third-order valence-electron chi connectivity index (χ3n) is 5.05. The smallest absolute Gasteiger partial charge is 0.253 e. The minimum absolute atomic E-state index is 0.0434. The molecule has 0 atom stereocenters. The summed E-state index contributed by atoms with van der Waals surface area (Å²) in [6.45, 7) is 3.15. The van der Waals surface area contributed by atoms with Crippen molar-refractivity contribution in [3.8, 4) is 11.6 Å². The molecule has 1 aliphatic rings.